The summed E-state index contributed by atoms with van der Waals surface area (Å²) in [5, 5.41) is 9.28. The van der Waals surface area contributed by atoms with Crippen LogP contribution < -0.4 is 15.4 Å². The number of anilines is 2. The number of thiazole rings is 1. The van der Waals surface area contributed by atoms with E-state index in [0.29, 0.717) is 17.4 Å². The van der Waals surface area contributed by atoms with Crippen LogP contribution in [-0.4, -0.2) is 53.1 Å². The van der Waals surface area contributed by atoms with Crippen molar-refractivity contribution >= 4 is 28.6 Å². The molecule has 3 heterocycles. The fraction of sp³-hybridized carbons (Fsp3) is 0.423. The first-order chi connectivity index (χ1) is 16.6. The molecule has 1 aliphatic carbocycles. The number of rotatable bonds is 7. The van der Waals surface area contributed by atoms with Crippen LogP contribution in [-0.2, 0) is 0 Å². The summed E-state index contributed by atoms with van der Waals surface area (Å²) in [6, 6.07) is 10.3. The first kappa shape index (κ1) is 22.8. The second kappa shape index (κ2) is 10.5. The van der Waals surface area contributed by atoms with Gasteiger partial charge in [-0.2, -0.15) is 0 Å². The molecular formula is C26H31N5O2S. The molecule has 8 heteroatoms. The van der Waals surface area contributed by atoms with Crippen molar-refractivity contribution in [2.45, 2.75) is 50.7 Å². The second-order valence-corrected chi connectivity index (χ2v) is 10.0. The SMILES string of the molecule is CN1CCC(Nc2ccc(OC3CCCC3)c(NC(=O)c3csc(-c4cccnc4)n3)c2)CC1. The lowest BCUT2D eigenvalue weighted by Crippen LogP contribution is -2.36. The van der Waals surface area contributed by atoms with Crippen LogP contribution in [0.5, 0.6) is 5.75 Å². The molecule has 34 heavy (non-hydrogen) atoms. The number of aromatic nitrogens is 2. The highest BCUT2D eigenvalue weighted by Gasteiger charge is 2.21. The van der Waals surface area contributed by atoms with Crippen LogP contribution in [0.1, 0.15) is 49.0 Å². The Balaban J connectivity index is 1.34. The number of hydrogen-bond acceptors (Lipinski definition) is 7. The number of pyridine rings is 1. The number of ether oxygens (including phenoxy) is 1. The minimum Gasteiger partial charge on any atom is -0.488 e. The highest BCUT2D eigenvalue weighted by Crippen LogP contribution is 2.33. The molecule has 1 aliphatic heterocycles. The standard InChI is InChI=1S/C26H31N5O2S/c1-31-13-10-19(11-14-31)28-20-8-9-24(33-21-6-2-3-7-21)22(15-20)29-25(32)23-17-34-26(30-23)18-5-4-12-27-16-18/h4-5,8-9,12,15-17,19,21,28H,2-3,6-7,10-11,13-14H2,1H3,(H,29,32). The van der Waals surface area contributed by atoms with Crippen LogP contribution in [0.3, 0.4) is 0 Å². The summed E-state index contributed by atoms with van der Waals surface area (Å²) in [6.07, 6.45) is 10.4. The Labute approximate surface area is 204 Å². The minimum atomic E-state index is -0.237. The van der Waals surface area contributed by atoms with Crippen LogP contribution in [0.25, 0.3) is 10.6 Å². The van der Waals surface area contributed by atoms with E-state index in [1.165, 1.54) is 24.2 Å². The molecule has 0 radical (unpaired) electrons. The lowest BCUT2D eigenvalue weighted by molar-refractivity contribution is 0.102. The molecule has 0 spiro atoms. The molecule has 1 aromatic carbocycles. The number of carbonyl (C=O) groups is 1. The Kier molecular flexibility index (Phi) is 7.06. The summed E-state index contributed by atoms with van der Waals surface area (Å²) >= 11 is 1.44. The number of likely N-dealkylation sites (tertiary alicyclic amines) is 1. The Morgan fingerprint density at radius 1 is 1.15 bits per heavy atom. The highest BCUT2D eigenvalue weighted by molar-refractivity contribution is 7.13. The maximum absolute atomic E-state index is 13.1. The number of piperidine rings is 1. The van der Waals surface area contributed by atoms with Crippen molar-refractivity contribution < 1.29 is 9.53 Å². The lowest BCUT2D eigenvalue weighted by Gasteiger charge is -2.30. The fourth-order valence-electron chi connectivity index (χ4n) is 4.58. The van der Waals surface area contributed by atoms with Crippen molar-refractivity contribution in [1.29, 1.82) is 0 Å². The molecule has 0 bridgehead atoms. The first-order valence-electron chi connectivity index (χ1n) is 12.1. The fourth-order valence-corrected chi connectivity index (χ4v) is 5.37. The van der Waals surface area contributed by atoms with Gasteiger partial charge in [0.25, 0.3) is 5.91 Å². The lowest BCUT2D eigenvalue weighted by atomic mass is 10.1. The van der Waals surface area contributed by atoms with Gasteiger partial charge in [-0.1, -0.05) is 0 Å². The van der Waals surface area contributed by atoms with Gasteiger partial charge in [-0.15, -0.1) is 11.3 Å². The largest absolute Gasteiger partial charge is 0.488 e. The van der Waals surface area contributed by atoms with E-state index in [9.17, 15) is 4.79 Å². The van der Waals surface area contributed by atoms with Crippen molar-refractivity contribution in [3.05, 3.63) is 53.8 Å². The van der Waals surface area contributed by atoms with Crippen molar-refractivity contribution in [3.8, 4) is 16.3 Å². The van der Waals surface area contributed by atoms with Crippen LogP contribution in [0.15, 0.2) is 48.1 Å². The van der Waals surface area contributed by atoms with Crippen molar-refractivity contribution in [2.75, 3.05) is 30.8 Å². The van der Waals surface area contributed by atoms with E-state index in [1.54, 1.807) is 17.8 Å². The van der Waals surface area contributed by atoms with Gasteiger partial charge in [0.1, 0.15) is 16.5 Å². The highest BCUT2D eigenvalue weighted by atomic mass is 32.1. The summed E-state index contributed by atoms with van der Waals surface area (Å²) in [5.41, 5.74) is 2.98. The number of nitrogens with zero attached hydrogens (tertiary/aromatic N) is 3. The van der Waals surface area contributed by atoms with Gasteiger partial charge in [0.15, 0.2) is 0 Å². The molecule has 178 valence electrons. The second-order valence-electron chi connectivity index (χ2n) is 9.19. The molecule has 3 aromatic rings. The smallest absolute Gasteiger partial charge is 0.275 e. The predicted octanol–water partition coefficient (Wildman–Crippen LogP) is 5.28. The van der Waals surface area contributed by atoms with Crippen LogP contribution in [0, 0.1) is 0 Å². The van der Waals surface area contributed by atoms with E-state index in [-0.39, 0.29) is 12.0 Å². The van der Waals surface area contributed by atoms with Crippen LogP contribution in [0.2, 0.25) is 0 Å². The molecule has 2 N–H and O–H groups in total. The van der Waals surface area contributed by atoms with Gasteiger partial charge < -0.3 is 20.3 Å². The molecular weight excluding hydrogens is 446 g/mol. The Morgan fingerprint density at radius 2 is 1.97 bits per heavy atom. The average molecular weight is 478 g/mol. The Morgan fingerprint density at radius 3 is 2.74 bits per heavy atom. The number of nitrogens with one attached hydrogen (secondary N) is 2. The normalized spacial score (nSPS) is 17.6. The number of carbonyl (C=O) groups excluding carboxylic acids is 1. The third-order valence-corrected chi connectivity index (χ3v) is 7.45. The molecule has 7 nitrogen and oxygen atoms in total. The summed E-state index contributed by atoms with van der Waals surface area (Å²) < 4.78 is 6.30. The van der Waals surface area contributed by atoms with Gasteiger partial charge in [-0.25, -0.2) is 4.98 Å². The third-order valence-electron chi connectivity index (χ3n) is 6.56. The van der Waals surface area contributed by atoms with E-state index >= 15 is 0 Å². The average Bonchev–Trinajstić information content (AvgIpc) is 3.55. The molecule has 1 saturated carbocycles. The van der Waals surface area contributed by atoms with Gasteiger partial charge in [0.2, 0.25) is 0 Å². The van der Waals surface area contributed by atoms with E-state index in [4.69, 9.17) is 4.74 Å². The zero-order valence-electron chi connectivity index (χ0n) is 19.5. The number of hydrogen-bond donors (Lipinski definition) is 2. The first-order valence-corrected chi connectivity index (χ1v) is 12.9. The number of amides is 1. The summed E-state index contributed by atoms with van der Waals surface area (Å²) in [6.45, 7) is 2.18. The van der Waals surface area contributed by atoms with Crippen molar-refractivity contribution in [2.24, 2.45) is 0 Å². The van der Waals surface area contributed by atoms with Gasteiger partial charge in [0, 0.05) is 35.1 Å². The van der Waals surface area contributed by atoms with E-state index in [0.717, 1.165) is 60.8 Å². The molecule has 2 aromatic heterocycles. The predicted molar refractivity (Wildman–Crippen MR) is 137 cm³/mol. The van der Waals surface area contributed by atoms with Crippen molar-refractivity contribution in [1.82, 2.24) is 14.9 Å². The van der Waals surface area contributed by atoms with Crippen molar-refractivity contribution in [3.63, 3.8) is 0 Å². The van der Waals surface area contributed by atoms with Crippen LogP contribution >= 0.6 is 11.3 Å². The van der Waals surface area contributed by atoms with E-state index in [1.807, 2.05) is 24.3 Å². The molecule has 0 unspecified atom stereocenters. The Hall–Kier alpha value is -2.97. The molecule has 2 fully saturated rings. The number of benzene rings is 1. The molecule has 1 saturated heterocycles. The molecule has 0 atom stereocenters. The van der Waals surface area contributed by atoms with Gasteiger partial charge >= 0.3 is 0 Å². The maximum atomic E-state index is 13.1. The monoisotopic (exact) mass is 477 g/mol. The summed E-state index contributed by atoms with van der Waals surface area (Å²) in [4.78, 5) is 24.2. The Bertz CT molecular complexity index is 1110. The van der Waals surface area contributed by atoms with Gasteiger partial charge in [0.05, 0.1) is 11.8 Å². The molecule has 2 aliphatic rings. The topological polar surface area (TPSA) is 79.4 Å². The molecule has 1 amide bonds. The summed E-state index contributed by atoms with van der Waals surface area (Å²) in [5.74, 6) is 0.482. The zero-order chi connectivity index (χ0) is 23.3. The van der Waals surface area contributed by atoms with E-state index in [2.05, 4.69) is 38.6 Å². The quantitative estimate of drug-likeness (QED) is 0.482. The van der Waals surface area contributed by atoms with Gasteiger partial charge in [-0.05, 0) is 89.0 Å². The van der Waals surface area contributed by atoms with E-state index < -0.39 is 0 Å². The molecule has 5 rings (SSSR count). The summed E-state index contributed by atoms with van der Waals surface area (Å²) in [7, 11) is 2.16. The minimum absolute atomic E-state index is 0.208. The van der Waals surface area contributed by atoms with Gasteiger partial charge in [-0.3, -0.25) is 9.78 Å². The van der Waals surface area contributed by atoms with Crippen LogP contribution in [0.4, 0.5) is 11.4 Å². The third kappa shape index (κ3) is 5.56. The maximum Gasteiger partial charge on any atom is 0.275 e. The zero-order valence-corrected chi connectivity index (χ0v) is 20.3.